The van der Waals surface area contributed by atoms with Gasteiger partial charge in [-0.2, -0.15) is 37.1 Å². The summed E-state index contributed by atoms with van der Waals surface area (Å²) in [6, 6.07) is 6.23. The van der Waals surface area contributed by atoms with E-state index in [2.05, 4.69) is 25.6 Å². The molecule has 1 atom stereocenters. The molecule has 0 bridgehead atoms. The third kappa shape index (κ3) is 6.38. The number of H-pyrrole nitrogens is 1. The van der Waals surface area contributed by atoms with E-state index in [1.807, 2.05) is 4.90 Å². The van der Waals surface area contributed by atoms with Crippen LogP contribution in [0, 0.1) is 11.6 Å². The topological polar surface area (TPSA) is 146 Å². The first-order chi connectivity index (χ1) is 24.9. The van der Waals surface area contributed by atoms with Gasteiger partial charge < -0.3 is 15.3 Å². The molecule has 6 aromatic rings. The van der Waals surface area contributed by atoms with Crippen molar-refractivity contribution >= 4 is 38.4 Å². The highest BCUT2D eigenvalue weighted by molar-refractivity contribution is 7.22. The number of pyridine rings is 2. The van der Waals surface area contributed by atoms with E-state index in [9.17, 15) is 45.4 Å². The zero-order valence-corrected chi connectivity index (χ0v) is 28.1. The molecule has 1 amide bonds. The third-order valence-corrected chi connectivity index (χ3v) is 10.2. The fourth-order valence-electron chi connectivity index (χ4n) is 6.92. The molecule has 20 heteroatoms. The van der Waals surface area contributed by atoms with Crippen LogP contribution in [-0.2, 0) is 36.3 Å². The number of aliphatic hydroxyl groups is 1. The van der Waals surface area contributed by atoms with Gasteiger partial charge in [0.15, 0.2) is 22.1 Å². The number of alkyl halides is 5. The summed E-state index contributed by atoms with van der Waals surface area (Å²) in [5.41, 5.74) is -3.39. The second-order valence-corrected chi connectivity index (χ2v) is 14.4. The van der Waals surface area contributed by atoms with Crippen molar-refractivity contribution in [2.75, 3.05) is 18.0 Å². The van der Waals surface area contributed by atoms with Gasteiger partial charge in [-0.25, -0.2) is 28.1 Å². The highest BCUT2D eigenvalue weighted by Gasteiger charge is 2.50. The minimum Gasteiger partial charge on any atom is -0.386 e. The van der Waals surface area contributed by atoms with Crippen LogP contribution in [0.4, 0.5) is 35.9 Å². The summed E-state index contributed by atoms with van der Waals surface area (Å²) in [6.07, 6.45) is -5.40. The van der Waals surface area contributed by atoms with Crippen LogP contribution in [0.1, 0.15) is 47.6 Å². The molecule has 5 aromatic heterocycles. The van der Waals surface area contributed by atoms with Crippen molar-refractivity contribution in [3.8, 4) is 11.1 Å². The molecule has 1 aromatic carbocycles. The largest absolute Gasteiger partial charge is 0.435 e. The fraction of sp³-hybridized carbons (Fsp3) is 0.333. The molecule has 0 saturated carbocycles. The van der Waals surface area contributed by atoms with Gasteiger partial charge in [-0.3, -0.25) is 9.48 Å². The lowest BCUT2D eigenvalue weighted by atomic mass is 9.96. The molecule has 0 radical (unpaired) electrons. The molecule has 12 nitrogen and oxygen atoms in total. The third-order valence-electron chi connectivity index (χ3n) is 9.13. The average Bonchev–Trinajstić information content (AvgIpc) is 3.81. The van der Waals surface area contributed by atoms with Crippen LogP contribution in [0.5, 0.6) is 0 Å². The molecule has 2 aliphatic rings. The number of carbonyl (C=O) groups excluding carboxylic acids is 1. The molecule has 6 heterocycles. The predicted octanol–water partition coefficient (Wildman–Crippen LogP) is 4.90. The quantitative estimate of drug-likeness (QED) is 0.186. The van der Waals surface area contributed by atoms with Crippen molar-refractivity contribution in [1.29, 1.82) is 0 Å². The molecule has 53 heavy (non-hydrogen) atoms. The number of halogens is 7. The van der Waals surface area contributed by atoms with Crippen molar-refractivity contribution < 1.29 is 40.6 Å². The Labute approximate surface area is 296 Å². The summed E-state index contributed by atoms with van der Waals surface area (Å²) < 4.78 is 102. The van der Waals surface area contributed by atoms with Gasteiger partial charge >= 0.3 is 11.9 Å². The molecule has 1 fully saturated rings. The van der Waals surface area contributed by atoms with Crippen LogP contribution in [0.2, 0.25) is 0 Å². The Balaban J connectivity index is 1.25. The summed E-state index contributed by atoms with van der Waals surface area (Å²) >= 11 is 1.25. The van der Waals surface area contributed by atoms with E-state index in [1.165, 1.54) is 28.0 Å². The standard InChI is InChI=1S/C33H26F7N9O3S/c1-31(52)13-47(14-31)30-43-28-22(53-30)10-20(16-2-3-23-44-45-29(51)48(23)11-16)25(42-28)21(8-15-6-17(34)9-18(35)7-15)41-24(50)12-49-27-19(4-5-32(27,36)37)26(46-49)33(38,39)40/h2-3,6-7,9-11,21,52H,4-5,8,12-14H2,1H3,(H,41,50)(H,45,51)/t21-/m0/s1. The summed E-state index contributed by atoms with van der Waals surface area (Å²) in [4.78, 5) is 37.4. The zero-order valence-electron chi connectivity index (χ0n) is 27.3. The monoisotopic (exact) mass is 761 g/mol. The minimum absolute atomic E-state index is 0.0507. The summed E-state index contributed by atoms with van der Waals surface area (Å²) in [5.74, 6) is -6.59. The SMILES string of the molecule is CC1(O)CN(c2nc3nc([C@H](Cc4cc(F)cc(F)c4)NC(=O)Cn4nc(C(F)(F)F)c5c4C(F)(F)CC5)c(-c4ccc5n[nH]c(=O)n5c4)cc3s2)C1. The predicted molar refractivity (Wildman–Crippen MR) is 175 cm³/mol. The Morgan fingerprint density at radius 1 is 1.11 bits per heavy atom. The number of hydrogen-bond acceptors (Lipinski definition) is 9. The summed E-state index contributed by atoms with van der Waals surface area (Å²) in [5, 5.41) is 23.1. The maximum Gasteiger partial charge on any atom is 0.435 e. The maximum absolute atomic E-state index is 14.9. The summed E-state index contributed by atoms with van der Waals surface area (Å²) in [7, 11) is 0. The smallest absolute Gasteiger partial charge is 0.386 e. The first-order valence-corrected chi connectivity index (χ1v) is 16.9. The van der Waals surface area contributed by atoms with Gasteiger partial charge in [0.25, 0.3) is 5.92 Å². The second kappa shape index (κ2) is 12.1. The van der Waals surface area contributed by atoms with Gasteiger partial charge in [0.05, 0.1) is 35.1 Å². The van der Waals surface area contributed by atoms with E-state index in [4.69, 9.17) is 4.98 Å². The Morgan fingerprint density at radius 3 is 2.55 bits per heavy atom. The van der Waals surface area contributed by atoms with Gasteiger partial charge in [0.2, 0.25) is 5.91 Å². The van der Waals surface area contributed by atoms with E-state index in [0.29, 0.717) is 44.8 Å². The normalized spacial score (nSPS) is 17.0. The zero-order chi connectivity index (χ0) is 37.6. The van der Waals surface area contributed by atoms with Crippen molar-refractivity contribution in [2.24, 2.45) is 0 Å². The number of hydrogen-bond donors (Lipinski definition) is 3. The fourth-order valence-corrected chi connectivity index (χ4v) is 7.87. The first-order valence-electron chi connectivity index (χ1n) is 16.1. The molecule has 3 N–H and O–H groups in total. The van der Waals surface area contributed by atoms with Gasteiger partial charge in [-0.1, -0.05) is 11.3 Å². The lowest BCUT2D eigenvalue weighted by Crippen LogP contribution is -2.60. The maximum atomic E-state index is 14.9. The minimum atomic E-state index is -5.05. The lowest BCUT2D eigenvalue weighted by molar-refractivity contribution is -0.142. The van der Waals surface area contributed by atoms with Crippen LogP contribution >= 0.6 is 11.3 Å². The molecular weight excluding hydrogens is 735 g/mol. The van der Waals surface area contributed by atoms with Gasteiger partial charge in [0.1, 0.15) is 23.9 Å². The number of aromatic amines is 1. The molecular formula is C33H26F7N9O3S. The highest BCUT2D eigenvalue weighted by Crippen LogP contribution is 2.46. The number of rotatable bonds is 8. The number of anilines is 1. The van der Waals surface area contributed by atoms with Crippen molar-refractivity contribution in [3.05, 3.63) is 92.9 Å². The van der Waals surface area contributed by atoms with Crippen LogP contribution in [-0.4, -0.2) is 64.1 Å². The van der Waals surface area contributed by atoms with E-state index in [1.54, 1.807) is 19.1 Å². The Kier molecular flexibility index (Phi) is 7.91. The van der Waals surface area contributed by atoms with Crippen molar-refractivity contribution in [2.45, 2.75) is 56.5 Å². The number of amides is 1. The number of aromatic nitrogens is 7. The van der Waals surface area contributed by atoms with Crippen LogP contribution in [0.25, 0.3) is 27.1 Å². The molecule has 0 spiro atoms. The molecule has 0 unspecified atom stereocenters. The second-order valence-electron chi connectivity index (χ2n) is 13.4. The van der Waals surface area contributed by atoms with Crippen molar-refractivity contribution in [3.63, 3.8) is 0 Å². The number of fused-ring (bicyclic) bond motifs is 3. The number of thiazole rings is 1. The Morgan fingerprint density at radius 2 is 1.85 bits per heavy atom. The summed E-state index contributed by atoms with van der Waals surface area (Å²) in [6.45, 7) is 1.21. The lowest BCUT2D eigenvalue weighted by Gasteiger charge is -2.43. The van der Waals surface area contributed by atoms with Crippen molar-refractivity contribution in [1.82, 2.24) is 39.7 Å². The highest BCUT2D eigenvalue weighted by atomic mass is 32.1. The number of nitrogens with one attached hydrogen (secondary N) is 2. The van der Waals surface area contributed by atoms with E-state index >= 15 is 0 Å². The number of carbonyl (C=O) groups is 1. The molecule has 276 valence electrons. The van der Waals surface area contributed by atoms with Crippen LogP contribution in [0.15, 0.2) is 47.4 Å². The first kappa shape index (κ1) is 34.7. The van der Waals surface area contributed by atoms with E-state index in [0.717, 1.165) is 12.1 Å². The van der Waals surface area contributed by atoms with Crippen LogP contribution < -0.4 is 15.9 Å². The van der Waals surface area contributed by atoms with Gasteiger partial charge in [-0.15, -0.1) is 0 Å². The van der Waals surface area contributed by atoms with E-state index < -0.39 is 83.3 Å². The van der Waals surface area contributed by atoms with Gasteiger partial charge in [0, 0.05) is 35.4 Å². The number of benzene rings is 1. The van der Waals surface area contributed by atoms with Crippen LogP contribution in [0.3, 0.4) is 0 Å². The Hall–Kier alpha value is -5.37. The number of β-amino-alcohol motifs (C(OH)–C–C–N with tert-alkyl or cyclic N) is 1. The molecule has 1 saturated heterocycles. The average molecular weight is 762 g/mol. The number of nitrogens with zero attached hydrogens (tertiary/aromatic N) is 7. The Bertz CT molecular complexity index is 2480. The molecule has 8 rings (SSSR count). The molecule has 1 aliphatic heterocycles. The van der Waals surface area contributed by atoms with E-state index in [-0.39, 0.29) is 29.0 Å². The molecule has 1 aliphatic carbocycles. The van der Waals surface area contributed by atoms with Gasteiger partial charge in [-0.05, 0) is 55.7 Å².